The maximum absolute atomic E-state index is 4.93. The Bertz CT molecular complexity index is 223. The van der Waals surface area contributed by atoms with E-state index in [0.717, 1.165) is 0 Å². The van der Waals surface area contributed by atoms with E-state index >= 15 is 0 Å². The second kappa shape index (κ2) is 5.14. The first kappa shape index (κ1) is 9.51. The van der Waals surface area contributed by atoms with E-state index in [4.69, 9.17) is 17.0 Å². The molecule has 11 heavy (non-hydrogen) atoms. The van der Waals surface area contributed by atoms with Crippen LogP contribution in [0, 0.1) is 0 Å². The molecule has 56 valence electrons. The molecule has 0 aliphatic heterocycles. The van der Waals surface area contributed by atoms with Crippen LogP contribution in [0.5, 0.6) is 0 Å². The van der Waals surface area contributed by atoms with Crippen LogP contribution in [0.25, 0.3) is 0 Å². The molecule has 0 atom stereocenters. The van der Waals surface area contributed by atoms with Gasteiger partial charge in [-0.05, 0) is 11.1 Å². The van der Waals surface area contributed by atoms with Crippen LogP contribution < -0.4 is 0 Å². The number of hydrogen-bond acceptors (Lipinski definition) is 0. The first-order valence-electron chi connectivity index (χ1n) is 3.12. The van der Waals surface area contributed by atoms with Gasteiger partial charge in [-0.25, -0.2) is 0 Å². The molecule has 0 saturated heterocycles. The van der Waals surface area contributed by atoms with Gasteiger partial charge in [0.05, 0.1) is 0 Å². The average Bonchev–Trinajstić information content (AvgIpc) is 2.44. The Balaban J connectivity index is 0.000000179. The van der Waals surface area contributed by atoms with Crippen molar-refractivity contribution in [2.75, 3.05) is 0 Å². The molecule has 0 unspecified atom stereocenters. The van der Waals surface area contributed by atoms with Crippen LogP contribution in [-0.2, 0) is 20.8 Å². The number of hydrogen-bond donors (Lipinski definition) is 0. The van der Waals surface area contributed by atoms with E-state index in [1.807, 2.05) is 0 Å². The minimum absolute atomic E-state index is 0.826. The summed E-state index contributed by atoms with van der Waals surface area (Å²) in [7, 11) is 9.87. The fraction of sp³-hybridized carbons (Fsp3) is 0. The summed E-state index contributed by atoms with van der Waals surface area (Å²) in [4.78, 5) is 0. The predicted octanol–water partition coefficient (Wildman–Crippen LogP) is 3.36. The zero-order chi connectivity index (χ0) is 8.10. The molecule has 0 N–H and O–H groups in total. The predicted molar refractivity (Wildman–Crippen MR) is 46.2 cm³/mol. The van der Waals surface area contributed by atoms with E-state index in [9.17, 15) is 0 Å². The molecule has 0 bridgehead atoms. The van der Waals surface area contributed by atoms with Gasteiger partial charge in [0, 0.05) is 0 Å². The van der Waals surface area contributed by atoms with Gasteiger partial charge in [-0.2, -0.15) is 0 Å². The molecule has 3 heteroatoms. The molecule has 0 saturated carbocycles. The van der Waals surface area contributed by atoms with Crippen molar-refractivity contribution in [1.82, 2.24) is 0 Å². The number of allylic oxidation sites excluding steroid dienone is 8. The maximum atomic E-state index is 4.93. The standard InChI is InChI=1S/C8H6.2ClH.Zr/c1-3-7-5-2-6-8(7)4-1;;;/h1-6H;2*1H;/q;;;+2/p-2. The van der Waals surface area contributed by atoms with Crippen molar-refractivity contribution in [3.63, 3.8) is 0 Å². The third-order valence-electron chi connectivity index (χ3n) is 1.44. The van der Waals surface area contributed by atoms with Gasteiger partial charge in [0.25, 0.3) is 0 Å². The van der Waals surface area contributed by atoms with Gasteiger partial charge in [-0.15, -0.1) is 0 Å². The molecule has 0 radical (unpaired) electrons. The Morgan fingerprint density at radius 2 is 1.27 bits per heavy atom. The first-order valence-corrected chi connectivity index (χ1v) is 9.45. The Kier molecular flexibility index (Phi) is 4.44. The van der Waals surface area contributed by atoms with Gasteiger partial charge in [-0.3, -0.25) is 0 Å². The van der Waals surface area contributed by atoms with Crippen LogP contribution in [0.4, 0.5) is 0 Å². The second-order valence-electron chi connectivity index (χ2n) is 2.03. The quantitative estimate of drug-likeness (QED) is 0.629. The molecular weight excluding hydrogens is 258 g/mol. The van der Waals surface area contributed by atoms with Crippen molar-refractivity contribution in [3.05, 3.63) is 47.6 Å². The fourth-order valence-corrected chi connectivity index (χ4v) is 1.01. The Hall–Kier alpha value is 0.423. The van der Waals surface area contributed by atoms with Gasteiger partial charge in [0.15, 0.2) is 0 Å². The zero-order valence-electron chi connectivity index (χ0n) is 5.72. The summed E-state index contributed by atoms with van der Waals surface area (Å²) in [6.07, 6.45) is 12.6. The molecule has 0 aromatic heterocycles. The fourth-order valence-electron chi connectivity index (χ4n) is 1.01. The van der Waals surface area contributed by atoms with E-state index in [1.54, 1.807) is 0 Å². The molecular formula is C8H6Cl2Zr. The van der Waals surface area contributed by atoms with Crippen LogP contribution >= 0.6 is 17.0 Å². The van der Waals surface area contributed by atoms with Crippen molar-refractivity contribution in [1.29, 1.82) is 0 Å². The van der Waals surface area contributed by atoms with Crippen LogP contribution in [-0.4, -0.2) is 0 Å². The summed E-state index contributed by atoms with van der Waals surface area (Å²) in [5, 5.41) is 0. The Labute approximate surface area is 84.9 Å². The van der Waals surface area contributed by atoms with Crippen molar-refractivity contribution < 1.29 is 20.8 Å². The minimum atomic E-state index is -0.826. The number of halogens is 2. The van der Waals surface area contributed by atoms with Gasteiger partial charge in [-0.1, -0.05) is 36.5 Å². The Morgan fingerprint density at radius 1 is 0.909 bits per heavy atom. The van der Waals surface area contributed by atoms with Crippen molar-refractivity contribution in [2.24, 2.45) is 0 Å². The molecule has 2 rings (SSSR count). The summed E-state index contributed by atoms with van der Waals surface area (Å²) in [5.41, 5.74) is 2.70. The third kappa shape index (κ3) is 2.74. The molecule has 0 amide bonds. The third-order valence-corrected chi connectivity index (χ3v) is 1.44. The molecule has 0 nitrogen and oxygen atoms in total. The van der Waals surface area contributed by atoms with E-state index in [-0.39, 0.29) is 0 Å². The van der Waals surface area contributed by atoms with E-state index < -0.39 is 20.8 Å². The average molecular weight is 264 g/mol. The topological polar surface area (TPSA) is 0 Å². The summed E-state index contributed by atoms with van der Waals surface area (Å²) in [6.45, 7) is 0. The molecule has 2 aliphatic rings. The summed E-state index contributed by atoms with van der Waals surface area (Å²) in [5.74, 6) is 0. The molecule has 2 aliphatic carbocycles. The monoisotopic (exact) mass is 262 g/mol. The van der Waals surface area contributed by atoms with Gasteiger partial charge in [0.2, 0.25) is 0 Å². The van der Waals surface area contributed by atoms with Crippen LogP contribution in [0.1, 0.15) is 0 Å². The molecule has 0 aromatic carbocycles. The molecule has 0 fully saturated rings. The number of rotatable bonds is 0. The van der Waals surface area contributed by atoms with Gasteiger partial charge >= 0.3 is 37.9 Å². The van der Waals surface area contributed by atoms with Crippen molar-refractivity contribution in [3.8, 4) is 0 Å². The molecule has 0 heterocycles. The van der Waals surface area contributed by atoms with E-state index in [2.05, 4.69) is 36.5 Å². The molecule has 0 aromatic rings. The zero-order valence-corrected chi connectivity index (χ0v) is 9.69. The second-order valence-corrected chi connectivity index (χ2v) is 5.77. The van der Waals surface area contributed by atoms with Crippen LogP contribution in [0.3, 0.4) is 0 Å². The first-order chi connectivity index (χ1) is 5.38. The van der Waals surface area contributed by atoms with Crippen molar-refractivity contribution >= 4 is 17.0 Å². The van der Waals surface area contributed by atoms with Crippen LogP contribution in [0.15, 0.2) is 47.6 Å². The van der Waals surface area contributed by atoms with Crippen LogP contribution in [0.2, 0.25) is 0 Å². The van der Waals surface area contributed by atoms with Gasteiger partial charge in [0.1, 0.15) is 0 Å². The van der Waals surface area contributed by atoms with Gasteiger partial charge < -0.3 is 0 Å². The summed E-state index contributed by atoms with van der Waals surface area (Å²) in [6, 6.07) is 0. The summed E-state index contributed by atoms with van der Waals surface area (Å²) >= 11 is -0.826. The molecule has 0 spiro atoms. The van der Waals surface area contributed by atoms with Crippen molar-refractivity contribution in [2.45, 2.75) is 0 Å². The normalized spacial score (nSPS) is 16.5. The summed E-state index contributed by atoms with van der Waals surface area (Å²) < 4.78 is 0. The SMILES string of the molecule is C1=CC2=CC=CC2=C1.[Cl][Zr][Cl]. The Morgan fingerprint density at radius 3 is 1.64 bits per heavy atom. The number of fused-ring (bicyclic) bond motifs is 1. The van der Waals surface area contributed by atoms with E-state index in [0.29, 0.717) is 0 Å². The van der Waals surface area contributed by atoms with E-state index in [1.165, 1.54) is 11.1 Å².